The van der Waals surface area contributed by atoms with Crippen molar-refractivity contribution in [2.24, 2.45) is 0 Å². The van der Waals surface area contributed by atoms with Gasteiger partial charge in [0.1, 0.15) is 4.90 Å². The fourth-order valence-corrected chi connectivity index (χ4v) is 3.24. The van der Waals surface area contributed by atoms with E-state index in [2.05, 4.69) is 5.32 Å². The van der Waals surface area contributed by atoms with E-state index in [9.17, 15) is 13.2 Å². The number of hydrogen-bond donors (Lipinski definition) is 1. The van der Waals surface area contributed by atoms with E-state index < -0.39 is 15.9 Å². The van der Waals surface area contributed by atoms with Crippen LogP contribution in [0, 0.1) is 11.3 Å². The van der Waals surface area contributed by atoms with Crippen LogP contribution in [0.2, 0.25) is 5.02 Å². The summed E-state index contributed by atoms with van der Waals surface area (Å²) >= 11 is 5.90. The van der Waals surface area contributed by atoms with Crippen LogP contribution >= 0.6 is 11.6 Å². The van der Waals surface area contributed by atoms with Gasteiger partial charge in [0.2, 0.25) is 15.9 Å². The van der Waals surface area contributed by atoms with E-state index in [1.807, 2.05) is 6.07 Å². The van der Waals surface area contributed by atoms with Crippen molar-refractivity contribution < 1.29 is 13.2 Å². The molecule has 0 aromatic heterocycles. The van der Waals surface area contributed by atoms with Gasteiger partial charge in [-0.2, -0.15) is 9.57 Å². The summed E-state index contributed by atoms with van der Waals surface area (Å²) in [6.07, 6.45) is 0. The highest BCUT2D eigenvalue weighted by atomic mass is 35.5. The molecule has 8 heteroatoms. The van der Waals surface area contributed by atoms with Crippen molar-refractivity contribution in [2.45, 2.75) is 24.8 Å². The molecule has 114 valence electrons. The zero-order valence-corrected chi connectivity index (χ0v) is 13.5. The molecule has 21 heavy (non-hydrogen) atoms. The topological polar surface area (TPSA) is 90.3 Å². The molecule has 0 unspecified atom stereocenters. The number of amides is 1. The Morgan fingerprint density at radius 3 is 2.57 bits per heavy atom. The summed E-state index contributed by atoms with van der Waals surface area (Å²) in [5, 5.41) is 11.3. The third-order valence-electron chi connectivity index (χ3n) is 2.57. The van der Waals surface area contributed by atoms with Crippen molar-refractivity contribution in [3.05, 3.63) is 28.8 Å². The Morgan fingerprint density at radius 1 is 1.48 bits per heavy atom. The number of nitriles is 1. The average Bonchev–Trinajstić information content (AvgIpc) is 2.36. The number of nitrogens with zero attached hydrogens (tertiary/aromatic N) is 2. The molecule has 0 bridgehead atoms. The SMILES string of the molecule is CC(C)NC(=O)CN(C)S(=O)(=O)c1ccc(C#N)cc1Cl. The van der Waals surface area contributed by atoms with Crippen LogP contribution in [0.15, 0.2) is 23.1 Å². The van der Waals surface area contributed by atoms with Crippen molar-refractivity contribution in [1.29, 1.82) is 5.26 Å². The van der Waals surface area contributed by atoms with E-state index in [0.29, 0.717) is 0 Å². The smallest absolute Gasteiger partial charge is 0.244 e. The van der Waals surface area contributed by atoms with Crippen molar-refractivity contribution in [3.63, 3.8) is 0 Å². The lowest BCUT2D eigenvalue weighted by atomic mass is 10.2. The fraction of sp³-hybridized carbons (Fsp3) is 0.385. The number of rotatable bonds is 5. The quantitative estimate of drug-likeness (QED) is 0.883. The third kappa shape index (κ3) is 4.43. The van der Waals surface area contributed by atoms with Gasteiger partial charge < -0.3 is 5.32 Å². The second-order valence-corrected chi connectivity index (χ2v) is 7.16. The normalized spacial score (nSPS) is 11.5. The van der Waals surface area contributed by atoms with Gasteiger partial charge in [0.05, 0.1) is 23.2 Å². The van der Waals surface area contributed by atoms with E-state index in [-0.39, 0.29) is 28.1 Å². The molecule has 0 fully saturated rings. The van der Waals surface area contributed by atoms with Gasteiger partial charge in [-0.3, -0.25) is 4.79 Å². The Hall–Kier alpha value is -1.62. The molecule has 0 spiro atoms. The molecule has 1 rings (SSSR count). The van der Waals surface area contributed by atoms with Crippen LogP contribution in [0.4, 0.5) is 0 Å². The molecule has 1 N–H and O–H groups in total. The minimum Gasteiger partial charge on any atom is -0.353 e. The van der Waals surface area contributed by atoms with Gasteiger partial charge in [0, 0.05) is 13.1 Å². The first kappa shape index (κ1) is 17.4. The zero-order valence-electron chi connectivity index (χ0n) is 11.9. The first-order chi connectivity index (χ1) is 9.68. The summed E-state index contributed by atoms with van der Waals surface area (Å²) < 4.78 is 25.6. The molecular formula is C13H16ClN3O3S. The van der Waals surface area contributed by atoms with Crippen molar-refractivity contribution in [3.8, 4) is 6.07 Å². The molecule has 0 aliphatic rings. The molecule has 1 aromatic carbocycles. The Morgan fingerprint density at radius 2 is 2.10 bits per heavy atom. The number of hydrogen-bond acceptors (Lipinski definition) is 4. The highest BCUT2D eigenvalue weighted by Gasteiger charge is 2.25. The number of sulfonamides is 1. The molecule has 6 nitrogen and oxygen atoms in total. The number of carbonyl (C=O) groups is 1. The second-order valence-electron chi connectivity index (χ2n) is 4.74. The Balaban J connectivity index is 3.00. The van der Waals surface area contributed by atoms with Crippen molar-refractivity contribution in [1.82, 2.24) is 9.62 Å². The highest BCUT2D eigenvalue weighted by Crippen LogP contribution is 2.24. The number of carbonyl (C=O) groups excluding carboxylic acids is 1. The highest BCUT2D eigenvalue weighted by molar-refractivity contribution is 7.89. The number of halogens is 1. The number of benzene rings is 1. The maximum atomic E-state index is 12.4. The standard InChI is InChI=1S/C13H16ClN3O3S/c1-9(2)16-13(18)8-17(3)21(19,20)12-5-4-10(7-15)6-11(12)14/h4-6,9H,8H2,1-3H3,(H,16,18). The summed E-state index contributed by atoms with van der Waals surface area (Å²) in [6.45, 7) is 3.25. The van der Waals surface area contributed by atoms with E-state index in [4.69, 9.17) is 16.9 Å². The molecule has 0 aliphatic carbocycles. The minimum atomic E-state index is -3.89. The predicted molar refractivity (Wildman–Crippen MR) is 79.3 cm³/mol. The zero-order chi connectivity index (χ0) is 16.2. The summed E-state index contributed by atoms with van der Waals surface area (Å²) in [4.78, 5) is 11.5. The van der Waals surface area contributed by atoms with Crippen LogP contribution in [-0.4, -0.2) is 38.3 Å². The number of nitrogens with one attached hydrogen (secondary N) is 1. The maximum absolute atomic E-state index is 12.4. The summed E-state index contributed by atoms with van der Waals surface area (Å²) in [5.74, 6) is -0.402. The molecule has 0 atom stereocenters. The van der Waals surface area contributed by atoms with Gasteiger partial charge in [-0.25, -0.2) is 8.42 Å². The molecule has 0 aliphatic heterocycles. The average molecular weight is 330 g/mol. The Bertz CT molecular complexity index is 680. The van der Waals surface area contributed by atoms with Gasteiger partial charge >= 0.3 is 0 Å². The maximum Gasteiger partial charge on any atom is 0.244 e. The van der Waals surface area contributed by atoms with Crippen LogP contribution in [0.3, 0.4) is 0 Å². The largest absolute Gasteiger partial charge is 0.353 e. The molecule has 0 radical (unpaired) electrons. The molecule has 0 saturated heterocycles. The Kier molecular flexibility index (Phi) is 5.72. The lowest BCUT2D eigenvalue weighted by Gasteiger charge is -2.18. The van der Waals surface area contributed by atoms with Crippen LogP contribution < -0.4 is 5.32 Å². The lowest BCUT2D eigenvalue weighted by Crippen LogP contribution is -2.40. The van der Waals surface area contributed by atoms with Crippen LogP contribution in [-0.2, 0) is 14.8 Å². The van der Waals surface area contributed by atoms with Gasteiger partial charge in [-0.05, 0) is 32.0 Å². The van der Waals surface area contributed by atoms with Crippen LogP contribution in [0.5, 0.6) is 0 Å². The van der Waals surface area contributed by atoms with E-state index in [0.717, 1.165) is 4.31 Å². The minimum absolute atomic E-state index is 0.0508. The molecular weight excluding hydrogens is 314 g/mol. The lowest BCUT2D eigenvalue weighted by molar-refractivity contribution is -0.121. The number of likely N-dealkylation sites (N-methyl/N-ethyl adjacent to an activating group) is 1. The van der Waals surface area contributed by atoms with E-state index in [1.54, 1.807) is 13.8 Å². The molecule has 1 aromatic rings. The summed E-state index contributed by atoms with van der Waals surface area (Å²) in [5.41, 5.74) is 0.263. The van der Waals surface area contributed by atoms with Gasteiger partial charge in [0.15, 0.2) is 0 Å². The van der Waals surface area contributed by atoms with Crippen molar-refractivity contribution >= 4 is 27.5 Å². The van der Waals surface area contributed by atoms with Crippen LogP contribution in [0.1, 0.15) is 19.4 Å². The van der Waals surface area contributed by atoms with Gasteiger partial charge in [-0.1, -0.05) is 11.6 Å². The fourth-order valence-electron chi connectivity index (χ4n) is 1.60. The van der Waals surface area contributed by atoms with E-state index >= 15 is 0 Å². The monoisotopic (exact) mass is 329 g/mol. The summed E-state index contributed by atoms with van der Waals surface area (Å²) in [6, 6.07) is 5.69. The van der Waals surface area contributed by atoms with Gasteiger partial charge in [-0.15, -0.1) is 0 Å². The molecule has 0 saturated carbocycles. The molecule has 1 amide bonds. The van der Waals surface area contributed by atoms with Gasteiger partial charge in [0.25, 0.3) is 0 Å². The first-order valence-corrected chi connectivity index (χ1v) is 7.95. The molecule has 0 heterocycles. The third-order valence-corrected chi connectivity index (χ3v) is 4.85. The first-order valence-electron chi connectivity index (χ1n) is 6.14. The Labute approximate surface area is 129 Å². The second kappa shape index (κ2) is 6.89. The van der Waals surface area contributed by atoms with Crippen LogP contribution in [0.25, 0.3) is 0 Å². The predicted octanol–water partition coefficient (Wildman–Crippen LogP) is 1.36. The van der Waals surface area contributed by atoms with E-state index in [1.165, 1.54) is 25.2 Å². The van der Waals surface area contributed by atoms with Crippen molar-refractivity contribution in [2.75, 3.05) is 13.6 Å². The summed E-state index contributed by atoms with van der Waals surface area (Å²) in [7, 11) is -2.60.